The lowest BCUT2D eigenvalue weighted by Gasteiger charge is -2.14. The SMILES string of the molecule is C=CCSc1nc(=O)c2cccnc2n1-c1ccc(C)cc1. The van der Waals surface area contributed by atoms with Crippen LogP contribution in [0.2, 0.25) is 0 Å². The monoisotopic (exact) mass is 309 g/mol. The van der Waals surface area contributed by atoms with Crippen molar-refractivity contribution in [3.63, 3.8) is 0 Å². The zero-order valence-corrected chi connectivity index (χ0v) is 13.0. The number of nitrogens with zero attached hydrogens (tertiary/aromatic N) is 3. The second-order valence-electron chi connectivity index (χ2n) is 4.84. The molecular formula is C17H15N3OS. The van der Waals surface area contributed by atoms with Crippen LogP contribution >= 0.6 is 11.8 Å². The van der Waals surface area contributed by atoms with Gasteiger partial charge in [-0.3, -0.25) is 9.36 Å². The Labute approximate surface area is 132 Å². The molecule has 0 N–H and O–H groups in total. The van der Waals surface area contributed by atoms with Gasteiger partial charge in [0.05, 0.1) is 5.39 Å². The Morgan fingerprint density at radius 1 is 1.27 bits per heavy atom. The maximum atomic E-state index is 12.2. The highest BCUT2D eigenvalue weighted by Crippen LogP contribution is 2.23. The highest BCUT2D eigenvalue weighted by molar-refractivity contribution is 7.99. The van der Waals surface area contributed by atoms with Crippen LogP contribution in [0, 0.1) is 6.92 Å². The summed E-state index contributed by atoms with van der Waals surface area (Å²) >= 11 is 1.47. The van der Waals surface area contributed by atoms with Gasteiger partial charge in [-0.15, -0.1) is 6.58 Å². The van der Waals surface area contributed by atoms with Gasteiger partial charge in [0.25, 0.3) is 5.56 Å². The molecule has 0 unspecified atom stereocenters. The van der Waals surface area contributed by atoms with E-state index in [0.717, 1.165) is 5.69 Å². The van der Waals surface area contributed by atoms with Gasteiger partial charge in [-0.05, 0) is 31.2 Å². The van der Waals surface area contributed by atoms with Crippen molar-refractivity contribution < 1.29 is 0 Å². The lowest BCUT2D eigenvalue weighted by Crippen LogP contribution is -2.16. The number of thioether (sulfide) groups is 1. The van der Waals surface area contributed by atoms with Crippen LogP contribution in [0.5, 0.6) is 0 Å². The van der Waals surface area contributed by atoms with Crippen LogP contribution in [0.3, 0.4) is 0 Å². The third-order valence-corrected chi connectivity index (χ3v) is 4.17. The molecule has 22 heavy (non-hydrogen) atoms. The van der Waals surface area contributed by atoms with Crippen molar-refractivity contribution in [3.8, 4) is 5.69 Å². The Bertz CT molecular complexity index is 885. The van der Waals surface area contributed by atoms with Gasteiger partial charge in [0.2, 0.25) is 0 Å². The van der Waals surface area contributed by atoms with Crippen LogP contribution < -0.4 is 5.56 Å². The smallest absolute Gasteiger partial charge is 0.273 e. The van der Waals surface area contributed by atoms with Crippen LogP contribution in [-0.2, 0) is 0 Å². The second-order valence-corrected chi connectivity index (χ2v) is 5.83. The van der Waals surface area contributed by atoms with E-state index >= 15 is 0 Å². The third-order valence-electron chi connectivity index (χ3n) is 3.24. The van der Waals surface area contributed by atoms with E-state index in [4.69, 9.17) is 0 Å². The van der Waals surface area contributed by atoms with Crippen molar-refractivity contribution >= 4 is 22.8 Å². The second kappa shape index (κ2) is 6.15. The summed E-state index contributed by atoms with van der Waals surface area (Å²) in [6, 6.07) is 11.6. The number of pyridine rings is 1. The fourth-order valence-corrected chi connectivity index (χ4v) is 2.92. The van der Waals surface area contributed by atoms with Crippen LogP contribution in [0.15, 0.2) is 65.2 Å². The molecule has 2 aromatic heterocycles. The van der Waals surface area contributed by atoms with Gasteiger partial charge >= 0.3 is 0 Å². The van der Waals surface area contributed by atoms with Crippen molar-refractivity contribution in [1.29, 1.82) is 0 Å². The highest BCUT2D eigenvalue weighted by atomic mass is 32.2. The van der Waals surface area contributed by atoms with E-state index in [2.05, 4.69) is 16.5 Å². The van der Waals surface area contributed by atoms with Gasteiger partial charge in [-0.1, -0.05) is 35.5 Å². The van der Waals surface area contributed by atoms with E-state index in [-0.39, 0.29) is 5.56 Å². The molecule has 0 saturated heterocycles. The number of rotatable bonds is 4. The van der Waals surface area contributed by atoms with E-state index in [0.29, 0.717) is 21.9 Å². The molecule has 5 heteroatoms. The van der Waals surface area contributed by atoms with Crippen molar-refractivity contribution in [3.05, 3.63) is 71.2 Å². The minimum atomic E-state index is -0.252. The Hall–Kier alpha value is -2.40. The first-order chi connectivity index (χ1) is 10.7. The largest absolute Gasteiger partial charge is 0.283 e. The van der Waals surface area contributed by atoms with Gasteiger partial charge in [0.15, 0.2) is 10.8 Å². The number of aryl methyl sites for hydroxylation is 1. The Morgan fingerprint density at radius 2 is 2.05 bits per heavy atom. The van der Waals surface area contributed by atoms with E-state index in [9.17, 15) is 4.79 Å². The van der Waals surface area contributed by atoms with Gasteiger partial charge in [-0.2, -0.15) is 4.98 Å². The van der Waals surface area contributed by atoms with Gasteiger partial charge < -0.3 is 0 Å². The fraction of sp³-hybridized carbons (Fsp3) is 0.118. The molecule has 0 atom stereocenters. The summed E-state index contributed by atoms with van der Waals surface area (Å²) in [5.74, 6) is 0.677. The van der Waals surface area contributed by atoms with Crippen molar-refractivity contribution in [2.75, 3.05) is 5.75 Å². The van der Waals surface area contributed by atoms with Gasteiger partial charge in [0.1, 0.15) is 0 Å². The summed E-state index contributed by atoms with van der Waals surface area (Å²) in [4.78, 5) is 20.8. The van der Waals surface area contributed by atoms with E-state index in [1.54, 1.807) is 24.4 Å². The predicted molar refractivity (Wildman–Crippen MR) is 90.8 cm³/mol. The molecule has 0 fully saturated rings. The number of hydrogen-bond acceptors (Lipinski definition) is 4. The standard InChI is InChI=1S/C17H15N3OS/c1-3-11-22-17-19-16(21)14-5-4-10-18-15(14)20(17)13-8-6-12(2)7-9-13/h3-10H,1,11H2,2H3. The Balaban J connectivity index is 2.32. The van der Waals surface area contributed by atoms with Crippen molar-refractivity contribution in [2.24, 2.45) is 0 Å². The molecule has 0 aliphatic heterocycles. The number of fused-ring (bicyclic) bond motifs is 1. The minimum absolute atomic E-state index is 0.252. The zero-order valence-electron chi connectivity index (χ0n) is 12.2. The molecule has 3 aromatic rings. The molecule has 110 valence electrons. The molecule has 0 bridgehead atoms. The summed E-state index contributed by atoms with van der Waals surface area (Å²) in [6.07, 6.45) is 3.48. The van der Waals surface area contributed by atoms with E-state index in [1.807, 2.05) is 35.8 Å². The van der Waals surface area contributed by atoms with Crippen molar-refractivity contribution in [1.82, 2.24) is 14.5 Å². The van der Waals surface area contributed by atoms with Crippen LogP contribution in [0.25, 0.3) is 16.7 Å². The average Bonchev–Trinajstić information content (AvgIpc) is 2.54. The van der Waals surface area contributed by atoms with E-state index in [1.165, 1.54) is 17.3 Å². The first-order valence-corrected chi connectivity index (χ1v) is 7.88. The fourth-order valence-electron chi connectivity index (χ4n) is 2.19. The van der Waals surface area contributed by atoms with Gasteiger partial charge in [0, 0.05) is 17.6 Å². The molecule has 3 rings (SSSR count). The van der Waals surface area contributed by atoms with Crippen LogP contribution in [0.4, 0.5) is 0 Å². The predicted octanol–water partition coefficient (Wildman–Crippen LogP) is 3.37. The molecule has 0 radical (unpaired) electrons. The topological polar surface area (TPSA) is 47.8 Å². The highest BCUT2D eigenvalue weighted by Gasteiger charge is 2.13. The molecule has 0 saturated carbocycles. The summed E-state index contributed by atoms with van der Waals surface area (Å²) in [5.41, 5.74) is 2.49. The lowest BCUT2D eigenvalue weighted by molar-refractivity contribution is 0.839. The molecule has 0 amide bonds. The maximum Gasteiger partial charge on any atom is 0.283 e. The molecule has 1 aromatic carbocycles. The molecule has 4 nitrogen and oxygen atoms in total. The molecule has 2 heterocycles. The Morgan fingerprint density at radius 3 is 2.77 bits per heavy atom. The first kappa shape index (κ1) is 14.5. The summed E-state index contributed by atoms with van der Waals surface area (Å²) in [7, 11) is 0. The number of hydrogen-bond donors (Lipinski definition) is 0. The summed E-state index contributed by atoms with van der Waals surface area (Å²) < 4.78 is 1.92. The van der Waals surface area contributed by atoms with Gasteiger partial charge in [-0.25, -0.2) is 4.98 Å². The summed E-state index contributed by atoms with van der Waals surface area (Å²) in [5, 5.41) is 1.14. The van der Waals surface area contributed by atoms with Crippen molar-refractivity contribution in [2.45, 2.75) is 12.1 Å². The normalized spacial score (nSPS) is 10.8. The number of aromatic nitrogens is 3. The van der Waals surface area contributed by atoms with Crippen LogP contribution in [-0.4, -0.2) is 20.3 Å². The zero-order chi connectivity index (χ0) is 15.5. The molecule has 0 aliphatic carbocycles. The minimum Gasteiger partial charge on any atom is -0.273 e. The van der Waals surface area contributed by atoms with Crippen LogP contribution in [0.1, 0.15) is 5.56 Å². The Kier molecular flexibility index (Phi) is 4.06. The first-order valence-electron chi connectivity index (χ1n) is 6.89. The molecule has 0 aliphatic rings. The quantitative estimate of drug-likeness (QED) is 0.421. The number of benzene rings is 1. The maximum absolute atomic E-state index is 12.2. The molecular weight excluding hydrogens is 294 g/mol. The van der Waals surface area contributed by atoms with E-state index < -0.39 is 0 Å². The summed E-state index contributed by atoms with van der Waals surface area (Å²) in [6.45, 7) is 5.76. The molecule has 0 spiro atoms. The third kappa shape index (κ3) is 2.67. The average molecular weight is 309 g/mol. The lowest BCUT2D eigenvalue weighted by atomic mass is 10.2.